The van der Waals surface area contributed by atoms with Crippen LogP contribution in [0.25, 0.3) is 0 Å². The van der Waals surface area contributed by atoms with Crippen molar-refractivity contribution in [1.29, 1.82) is 0 Å². The first-order chi connectivity index (χ1) is 8.99. The van der Waals surface area contributed by atoms with Crippen molar-refractivity contribution in [3.05, 3.63) is 30.3 Å². The van der Waals surface area contributed by atoms with Crippen molar-refractivity contribution < 1.29 is 18.3 Å². The van der Waals surface area contributed by atoms with Gasteiger partial charge in [0.2, 0.25) is 15.9 Å². The molecule has 1 aromatic rings. The van der Waals surface area contributed by atoms with Crippen LogP contribution in [0.4, 0.5) is 0 Å². The summed E-state index contributed by atoms with van der Waals surface area (Å²) in [5.74, 6) is -0.323. The summed E-state index contributed by atoms with van der Waals surface area (Å²) >= 11 is 0. The summed E-state index contributed by atoms with van der Waals surface area (Å²) in [5.41, 5.74) is 0. The molecule has 0 aromatic heterocycles. The maximum atomic E-state index is 11.9. The molecule has 2 rings (SSSR count). The van der Waals surface area contributed by atoms with Crippen molar-refractivity contribution in [3.63, 3.8) is 0 Å². The second kappa shape index (κ2) is 5.68. The van der Waals surface area contributed by atoms with Crippen LogP contribution in [-0.4, -0.2) is 50.1 Å². The summed E-state index contributed by atoms with van der Waals surface area (Å²) in [5, 5.41) is 9.32. The average Bonchev–Trinajstić information content (AvgIpc) is 2.84. The van der Waals surface area contributed by atoms with Crippen molar-refractivity contribution in [2.75, 3.05) is 19.6 Å². The zero-order chi connectivity index (χ0) is 13.9. The van der Waals surface area contributed by atoms with Gasteiger partial charge < -0.3 is 10.0 Å². The molecule has 1 aliphatic heterocycles. The molecule has 1 fully saturated rings. The topological polar surface area (TPSA) is 86.7 Å². The van der Waals surface area contributed by atoms with Gasteiger partial charge in [-0.3, -0.25) is 4.79 Å². The second-order valence-corrected chi connectivity index (χ2v) is 6.19. The minimum Gasteiger partial charge on any atom is -0.391 e. The first-order valence-electron chi connectivity index (χ1n) is 5.99. The number of amides is 1. The fourth-order valence-electron chi connectivity index (χ4n) is 1.92. The molecule has 0 unspecified atom stereocenters. The highest BCUT2D eigenvalue weighted by Gasteiger charge is 2.25. The number of likely N-dealkylation sites (tertiary alicyclic amines) is 1. The van der Waals surface area contributed by atoms with Crippen LogP contribution in [0.5, 0.6) is 0 Å². The first-order valence-corrected chi connectivity index (χ1v) is 7.48. The lowest BCUT2D eigenvalue weighted by atomic mass is 10.3. The van der Waals surface area contributed by atoms with Gasteiger partial charge in [-0.25, -0.2) is 13.1 Å². The Morgan fingerprint density at radius 3 is 2.63 bits per heavy atom. The van der Waals surface area contributed by atoms with E-state index in [0.29, 0.717) is 13.0 Å². The Morgan fingerprint density at radius 1 is 1.37 bits per heavy atom. The Balaban J connectivity index is 1.93. The highest BCUT2D eigenvalue weighted by atomic mass is 32.2. The molecule has 1 amide bonds. The van der Waals surface area contributed by atoms with E-state index in [1.165, 1.54) is 17.0 Å². The number of aliphatic hydroxyl groups excluding tert-OH is 1. The molecule has 1 saturated heterocycles. The van der Waals surface area contributed by atoms with Crippen LogP contribution in [0, 0.1) is 0 Å². The summed E-state index contributed by atoms with van der Waals surface area (Å²) in [6.07, 6.45) is 0.0339. The molecule has 1 heterocycles. The Bertz CT molecular complexity index is 544. The van der Waals surface area contributed by atoms with Crippen molar-refractivity contribution in [1.82, 2.24) is 9.62 Å². The summed E-state index contributed by atoms with van der Waals surface area (Å²) in [4.78, 5) is 13.3. The van der Waals surface area contributed by atoms with Gasteiger partial charge in [0, 0.05) is 13.1 Å². The number of aliphatic hydroxyl groups is 1. The van der Waals surface area contributed by atoms with E-state index in [1.807, 2.05) is 0 Å². The number of β-amino-alcohol motifs (C(OH)–C–C–N with tert-alkyl or cyclic N) is 1. The summed E-state index contributed by atoms with van der Waals surface area (Å²) in [6.45, 7) is 0.447. The molecule has 0 bridgehead atoms. The summed E-state index contributed by atoms with van der Waals surface area (Å²) < 4.78 is 26.0. The van der Waals surface area contributed by atoms with Gasteiger partial charge in [0.05, 0.1) is 17.5 Å². The van der Waals surface area contributed by atoms with Crippen LogP contribution in [0.3, 0.4) is 0 Å². The van der Waals surface area contributed by atoms with Crippen LogP contribution < -0.4 is 4.72 Å². The number of hydrogen-bond donors (Lipinski definition) is 2. The van der Waals surface area contributed by atoms with E-state index in [9.17, 15) is 18.3 Å². The monoisotopic (exact) mass is 284 g/mol. The van der Waals surface area contributed by atoms with E-state index in [2.05, 4.69) is 4.72 Å². The predicted molar refractivity (Wildman–Crippen MR) is 68.8 cm³/mol. The fraction of sp³-hybridized carbons (Fsp3) is 0.417. The average molecular weight is 284 g/mol. The molecule has 0 spiro atoms. The molecule has 104 valence electrons. The summed E-state index contributed by atoms with van der Waals surface area (Å²) in [7, 11) is -3.66. The molecule has 1 aliphatic rings. The molecule has 19 heavy (non-hydrogen) atoms. The van der Waals surface area contributed by atoms with Crippen LogP contribution in [-0.2, 0) is 14.8 Å². The molecule has 0 radical (unpaired) electrons. The first kappa shape index (κ1) is 14.0. The third-order valence-electron chi connectivity index (χ3n) is 2.98. The lowest BCUT2D eigenvalue weighted by Crippen LogP contribution is -2.39. The van der Waals surface area contributed by atoms with Gasteiger partial charge in [0.25, 0.3) is 0 Å². The lowest BCUT2D eigenvalue weighted by molar-refractivity contribution is -0.129. The van der Waals surface area contributed by atoms with Gasteiger partial charge in [0.15, 0.2) is 0 Å². The standard InChI is InChI=1S/C12H16N2O4S/c15-10-6-7-14(9-10)12(16)8-13-19(17,18)11-4-2-1-3-5-11/h1-5,10,13,15H,6-9H2/t10-/m0/s1. The van der Waals surface area contributed by atoms with Crippen LogP contribution in [0.15, 0.2) is 35.2 Å². The zero-order valence-corrected chi connectivity index (χ0v) is 11.1. The van der Waals surface area contributed by atoms with E-state index in [1.54, 1.807) is 18.2 Å². The van der Waals surface area contributed by atoms with Crippen LogP contribution >= 0.6 is 0 Å². The fourth-order valence-corrected chi connectivity index (χ4v) is 2.92. The van der Waals surface area contributed by atoms with Gasteiger partial charge >= 0.3 is 0 Å². The van der Waals surface area contributed by atoms with Crippen molar-refractivity contribution in [3.8, 4) is 0 Å². The third kappa shape index (κ3) is 3.52. The number of hydrogen-bond acceptors (Lipinski definition) is 4. The van der Waals surface area contributed by atoms with Crippen molar-refractivity contribution >= 4 is 15.9 Å². The highest BCUT2D eigenvalue weighted by Crippen LogP contribution is 2.10. The third-order valence-corrected chi connectivity index (χ3v) is 4.40. The number of carbonyl (C=O) groups is 1. The second-order valence-electron chi connectivity index (χ2n) is 4.42. The van der Waals surface area contributed by atoms with Gasteiger partial charge in [0.1, 0.15) is 0 Å². The maximum Gasteiger partial charge on any atom is 0.241 e. The molecule has 0 aliphatic carbocycles. The minimum atomic E-state index is -3.66. The summed E-state index contributed by atoms with van der Waals surface area (Å²) in [6, 6.07) is 7.88. The Kier molecular flexibility index (Phi) is 4.18. The number of benzene rings is 1. The molecule has 1 atom stereocenters. The van der Waals surface area contributed by atoms with Crippen LogP contribution in [0.1, 0.15) is 6.42 Å². The van der Waals surface area contributed by atoms with E-state index in [0.717, 1.165) is 0 Å². The normalized spacial score (nSPS) is 19.6. The molecule has 0 saturated carbocycles. The minimum absolute atomic E-state index is 0.129. The lowest BCUT2D eigenvalue weighted by Gasteiger charge is -2.15. The Hall–Kier alpha value is -1.44. The molecule has 6 nitrogen and oxygen atoms in total. The quantitative estimate of drug-likeness (QED) is 0.784. The molecule has 1 aromatic carbocycles. The Labute approximate surface area is 112 Å². The van der Waals surface area contributed by atoms with Gasteiger partial charge in [-0.05, 0) is 18.6 Å². The SMILES string of the molecule is O=C(CNS(=O)(=O)c1ccccc1)N1CC[C@H](O)C1. The molecule has 2 N–H and O–H groups in total. The molecular weight excluding hydrogens is 268 g/mol. The number of carbonyl (C=O) groups excluding carboxylic acids is 1. The number of nitrogens with zero attached hydrogens (tertiary/aromatic N) is 1. The molecular formula is C12H16N2O4S. The van der Waals surface area contributed by atoms with Crippen molar-refractivity contribution in [2.45, 2.75) is 17.4 Å². The molecule has 7 heteroatoms. The van der Waals surface area contributed by atoms with Gasteiger partial charge in [-0.2, -0.15) is 0 Å². The van der Waals surface area contributed by atoms with Crippen molar-refractivity contribution in [2.24, 2.45) is 0 Å². The largest absolute Gasteiger partial charge is 0.391 e. The predicted octanol–water partition coefficient (Wildman–Crippen LogP) is -0.442. The zero-order valence-electron chi connectivity index (χ0n) is 10.3. The van der Waals surface area contributed by atoms with E-state index < -0.39 is 16.1 Å². The smallest absolute Gasteiger partial charge is 0.241 e. The van der Waals surface area contributed by atoms with Gasteiger partial charge in [-0.1, -0.05) is 18.2 Å². The number of sulfonamides is 1. The number of nitrogens with one attached hydrogen (secondary N) is 1. The van der Waals surface area contributed by atoms with Gasteiger partial charge in [-0.15, -0.1) is 0 Å². The highest BCUT2D eigenvalue weighted by molar-refractivity contribution is 7.89. The van der Waals surface area contributed by atoms with E-state index in [4.69, 9.17) is 0 Å². The Morgan fingerprint density at radius 2 is 2.05 bits per heavy atom. The number of rotatable bonds is 4. The van der Waals surface area contributed by atoms with Crippen LogP contribution in [0.2, 0.25) is 0 Å². The van der Waals surface area contributed by atoms with E-state index in [-0.39, 0.29) is 23.9 Å². The maximum absolute atomic E-state index is 11.9. The van der Waals surface area contributed by atoms with E-state index >= 15 is 0 Å².